The van der Waals surface area contributed by atoms with Crippen molar-refractivity contribution in [1.82, 2.24) is 0 Å². The molecule has 0 aromatic carbocycles. The van der Waals surface area contributed by atoms with Gasteiger partial charge < -0.3 is 9.41 Å². The average molecular weight is 236 g/mol. The molecule has 0 saturated carbocycles. The molecule has 11 heavy (non-hydrogen) atoms. The van der Waals surface area contributed by atoms with Crippen molar-refractivity contribution in [3.8, 4) is 0 Å². The third kappa shape index (κ3) is 2.98. The van der Waals surface area contributed by atoms with Crippen molar-refractivity contribution in [2.45, 2.75) is 26.7 Å². The van der Waals surface area contributed by atoms with Gasteiger partial charge in [-0.05, 0) is 0 Å². The molecule has 0 unspecified atom stereocenters. The molecule has 0 spiro atoms. The van der Waals surface area contributed by atoms with E-state index in [0.29, 0.717) is 0 Å². The van der Waals surface area contributed by atoms with Gasteiger partial charge in [0.25, 0.3) is 0 Å². The third-order valence-electron chi connectivity index (χ3n) is 1.81. The molecular formula is C8H11F2Zr. The molecule has 1 aliphatic rings. The summed E-state index contributed by atoms with van der Waals surface area (Å²) in [6.07, 6.45) is 4.79. The van der Waals surface area contributed by atoms with E-state index in [9.17, 15) is 0 Å². The molecule has 0 heterocycles. The minimum absolute atomic E-state index is 0. The molecule has 0 nitrogen and oxygen atoms in total. The second kappa shape index (κ2) is 5.82. The Balaban J connectivity index is 0. The van der Waals surface area contributed by atoms with Gasteiger partial charge in [0.05, 0.1) is 0 Å². The minimum atomic E-state index is 0. The van der Waals surface area contributed by atoms with Gasteiger partial charge in [-0.2, -0.15) is 0 Å². The summed E-state index contributed by atoms with van der Waals surface area (Å²) in [5.41, 5.74) is 3.14. The maximum atomic E-state index is 2.34. The number of hydrogen-bond acceptors (Lipinski definition) is 0. The van der Waals surface area contributed by atoms with E-state index in [1.807, 2.05) is 0 Å². The van der Waals surface area contributed by atoms with Gasteiger partial charge in [0.2, 0.25) is 0 Å². The van der Waals surface area contributed by atoms with Crippen LogP contribution in [-0.2, 0) is 24.7 Å². The van der Waals surface area contributed by atoms with Crippen LogP contribution >= 0.6 is 0 Å². The van der Waals surface area contributed by atoms with Crippen molar-refractivity contribution in [3.05, 3.63) is 20.5 Å². The van der Waals surface area contributed by atoms with Crippen LogP contribution in [0.3, 0.4) is 0 Å². The number of allylic oxidation sites excluding steroid dienone is 4. The monoisotopic (exact) mass is 235 g/mol. The number of halogens is 2. The zero-order valence-corrected chi connectivity index (χ0v) is 9.21. The van der Waals surface area contributed by atoms with Crippen molar-refractivity contribution in [2.24, 2.45) is 0 Å². The van der Waals surface area contributed by atoms with E-state index in [2.05, 4.69) is 19.9 Å². The summed E-state index contributed by atoms with van der Waals surface area (Å²) >= 11 is 1.60. The van der Waals surface area contributed by atoms with E-state index in [-0.39, 0.29) is 9.41 Å². The molecule has 0 radical (unpaired) electrons. The zero-order valence-electron chi connectivity index (χ0n) is 6.75. The molecule has 1 aliphatic carbocycles. The van der Waals surface area contributed by atoms with Crippen LogP contribution in [0.25, 0.3) is 0 Å². The van der Waals surface area contributed by atoms with Crippen LogP contribution in [-0.4, -0.2) is 0 Å². The van der Waals surface area contributed by atoms with Crippen LogP contribution < -0.4 is 9.41 Å². The molecule has 0 amide bonds. The van der Waals surface area contributed by atoms with Gasteiger partial charge in [-0.3, -0.25) is 0 Å². The molecular weight excluding hydrogens is 225 g/mol. The van der Waals surface area contributed by atoms with Gasteiger partial charge in [0.1, 0.15) is 0 Å². The Morgan fingerprint density at radius 1 is 1.45 bits per heavy atom. The predicted molar refractivity (Wildman–Crippen MR) is 35.7 cm³/mol. The largest absolute Gasteiger partial charge is 1.00 e. The third-order valence-corrected chi connectivity index (χ3v) is 3.05. The Morgan fingerprint density at radius 3 is 2.18 bits per heavy atom. The maximum absolute atomic E-state index is 2.34. The Bertz CT molecular complexity index is 183. The minimum Gasteiger partial charge on any atom is -1.00 e. The van der Waals surface area contributed by atoms with Crippen molar-refractivity contribution < 1.29 is 34.1 Å². The van der Waals surface area contributed by atoms with E-state index in [1.165, 1.54) is 18.4 Å². The summed E-state index contributed by atoms with van der Waals surface area (Å²) in [5, 5.41) is 0. The predicted octanol–water partition coefficient (Wildman–Crippen LogP) is -3.44. The topological polar surface area (TPSA) is 0 Å². The molecule has 0 atom stereocenters. The fourth-order valence-corrected chi connectivity index (χ4v) is 2.40. The SMILES string of the molecule is CCC1=[C]([Zr+2])CC=C1C.[F-].[F-]. The van der Waals surface area contributed by atoms with Gasteiger partial charge in [-0.25, -0.2) is 0 Å². The smallest absolute Gasteiger partial charge is 1.00 e. The molecule has 61 valence electrons. The first-order valence-corrected chi connectivity index (χ1v) is 4.59. The molecule has 0 bridgehead atoms. The van der Waals surface area contributed by atoms with Crippen molar-refractivity contribution >= 4 is 0 Å². The fourth-order valence-electron chi connectivity index (χ4n) is 1.23. The van der Waals surface area contributed by atoms with E-state index < -0.39 is 0 Å². The molecule has 3 heteroatoms. The van der Waals surface area contributed by atoms with Gasteiger partial charge in [-0.1, -0.05) is 0 Å². The summed E-state index contributed by atoms with van der Waals surface area (Å²) in [6.45, 7) is 4.46. The molecule has 0 aromatic rings. The Hall–Kier alpha value is 0.223. The summed E-state index contributed by atoms with van der Waals surface area (Å²) in [4.78, 5) is 0. The summed E-state index contributed by atoms with van der Waals surface area (Å²) in [6, 6.07) is 0. The second-order valence-corrected chi connectivity index (χ2v) is 3.89. The number of rotatable bonds is 1. The van der Waals surface area contributed by atoms with Crippen molar-refractivity contribution in [2.75, 3.05) is 0 Å². The molecule has 0 saturated heterocycles. The second-order valence-electron chi connectivity index (χ2n) is 2.40. The molecule has 0 aromatic heterocycles. The first-order valence-electron chi connectivity index (χ1n) is 3.36. The van der Waals surface area contributed by atoms with E-state index in [0.717, 1.165) is 0 Å². The molecule has 0 fully saturated rings. The summed E-state index contributed by atoms with van der Waals surface area (Å²) < 4.78 is 1.65. The van der Waals surface area contributed by atoms with Crippen molar-refractivity contribution in [1.29, 1.82) is 0 Å². The normalized spacial score (nSPS) is 15.5. The Kier molecular flexibility index (Phi) is 7.30. The van der Waals surface area contributed by atoms with E-state index >= 15 is 0 Å². The quantitative estimate of drug-likeness (QED) is 0.444. The van der Waals surface area contributed by atoms with E-state index in [4.69, 9.17) is 0 Å². The standard InChI is InChI=1S/C8H11.2FH.Zr/c1-3-8-6-4-5-7(8)2;;;/h5H,3-4H2,1-2H3;2*1H;/q;;;+2/p-2. The van der Waals surface area contributed by atoms with Crippen LogP contribution in [0.4, 0.5) is 0 Å². The Labute approximate surface area is 81.3 Å². The first kappa shape index (κ1) is 13.8. The Morgan fingerprint density at radius 2 is 2.00 bits per heavy atom. The molecule has 1 rings (SSSR count). The summed E-state index contributed by atoms with van der Waals surface area (Å²) in [7, 11) is 0. The van der Waals surface area contributed by atoms with Crippen LogP contribution in [0.5, 0.6) is 0 Å². The van der Waals surface area contributed by atoms with Gasteiger partial charge in [0.15, 0.2) is 0 Å². The zero-order chi connectivity index (χ0) is 6.85. The van der Waals surface area contributed by atoms with Crippen LogP contribution in [0.15, 0.2) is 20.5 Å². The maximum Gasteiger partial charge on any atom is -1.00 e. The van der Waals surface area contributed by atoms with Gasteiger partial charge >= 0.3 is 71.9 Å². The fraction of sp³-hybridized carbons (Fsp3) is 0.500. The van der Waals surface area contributed by atoms with Crippen LogP contribution in [0.2, 0.25) is 0 Å². The van der Waals surface area contributed by atoms with Crippen molar-refractivity contribution in [3.63, 3.8) is 0 Å². The van der Waals surface area contributed by atoms with Crippen LogP contribution in [0.1, 0.15) is 26.7 Å². The van der Waals surface area contributed by atoms with E-state index in [1.54, 1.807) is 33.6 Å². The molecule has 0 aliphatic heterocycles. The van der Waals surface area contributed by atoms with Gasteiger partial charge in [0, 0.05) is 0 Å². The van der Waals surface area contributed by atoms with Gasteiger partial charge in [-0.15, -0.1) is 0 Å². The molecule has 0 N–H and O–H groups in total. The van der Waals surface area contributed by atoms with Crippen LogP contribution in [0, 0.1) is 0 Å². The average Bonchev–Trinajstić information content (AvgIpc) is 2.12. The number of hydrogen-bond donors (Lipinski definition) is 0. The summed E-state index contributed by atoms with van der Waals surface area (Å²) in [5.74, 6) is 0. The first-order chi connectivity index (χ1) is 4.25.